The van der Waals surface area contributed by atoms with Crippen LogP contribution in [0.3, 0.4) is 0 Å². The minimum Gasteiger partial charge on any atom is -0.439 e. The van der Waals surface area contributed by atoms with Gasteiger partial charge in [-0.05, 0) is 13.3 Å². The van der Waals surface area contributed by atoms with Gasteiger partial charge in [-0.25, -0.2) is 14.6 Å². The zero-order chi connectivity index (χ0) is 15.6. The van der Waals surface area contributed by atoms with Crippen LogP contribution in [-0.4, -0.2) is 25.8 Å². The number of aromatic nitrogens is 4. The fourth-order valence-electron chi connectivity index (χ4n) is 2.96. The molecular weight excluding hydrogens is 290 g/mol. The van der Waals surface area contributed by atoms with E-state index in [-0.39, 0.29) is 0 Å². The van der Waals surface area contributed by atoms with E-state index in [4.69, 9.17) is 4.42 Å². The Balaban J connectivity index is 1.38. The molecule has 0 saturated heterocycles. The zero-order valence-electron chi connectivity index (χ0n) is 13.1. The fraction of sp³-hybridized carbons (Fsp3) is 0.353. The molecule has 0 aliphatic carbocycles. The monoisotopic (exact) mass is 309 g/mol. The van der Waals surface area contributed by atoms with Crippen LogP contribution in [0.15, 0.2) is 40.9 Å². The predicted octanol–water partition coefficient (Wildman–Crippen LogP) is 2.35. The fourth-order valence-corrected chi connectivity index (χ4v) is 2.96. The van der Waals surface area contributed by atoms with Crippen molar-refractivity contribution in [3.8, 4) is 11.3 Å². The molecule has 0 radical (unpaired) electrons. The number of aryl methyl sites for hydroxylation is 2. The quantitative estimate of drug-likeness (QED) is 0.801. The normalized spacial score (nSPS) is 17.2. The van der Waals surface area contributed by atoms with Crippen molar-refractivity contribution < 1.29 is 4.42 Å². The highest BCUT2D eigenvalue weighted by molar-refractivity contribution is 5.55. The lowest BCUT2D eigenvalue weighted by Gasteiger charge is -2.22. The minimum absolute atomic E-state index is 0.371. The van der Waals surface area contributed by atoms with E-state index < -0.39 is 0 Å². The molecule has 3 heterocycles. The van der Waals surface area contributed by atoms with E-state index in [0.717, 1.165) is 42.4 Å². The summed E-state index contributed by atoms with van der Waals surface area (Å²) >= 11 is 0. The van der Waals surface area contributed by atoms with Crippen LogP contribution in [0.2, 0.25) is 0 Å². The molecular formula is C17H19N5O. The van der Waals surface area contributed by atoms with Crippen molar-refractivity contribution in [1.29, 1.82) is 0 Å². The molecule has 1 atom stereocenters. The van der Waals surface area contributed by atoms with E-state index in [0.29, 0.717) is 18.5 Å². The Labute approximate surface area is 134 Å². The SMILES string of the molecule is Cc1nc2n(n1)CC(NCc1ncc(-c3ccccc3)o1)CC2. The maximum atomic E-state index is 5.83. The molecule has 1 unspecified atom stereocenters. The van der Waals surface area contributed by atoms with E-state index in [9.17, 15) is 0 Å². The van der Waals surface area contributed by atoms with Crippen molar-refractivity contribution in [3.05, 3.63) is 54.1 Å². The van der Waals surface area contributed by atoms with Gasteiger partial charge >= 0.3 is 0 Å². The van der Waals surface area contributed by atoms with Crippen molar-refractivity contribution in [2.45, 2.75) is 38.9 Å². The van der Waals surface area contributed by atoms with Crippen LogP contribution in [0.25, 0.3) is 11.3 Å². The summed E-state index contributed by atoms with van der Waals surface area (Å²) < 4.78 is 7.83. The summed E-state index contributed by atoms with van der Waals surface area (Å²) in [5.74, 6) is 3.45. The Morgan fingerprint density at radius 2 is 2.17 bits per heavy atom. The zero-order valence-corrected chi connectivity index (χ0v) is 13.1. The summed E-state index contributed by atoms with van der Waals surface area (Å²) in [6.45, 7) is 3.41. The number of hydrogen-bond donors (Lipinski definition) is 1. The highest BCUT2D eigenvalue weighted by atomic mass is 16.4. The van der Waals surface area contributed by atoms with Gasteiger partial charge in [-0.3, -0.25) is 0 Å². The third kappa shape index (κ3) is 3.03. The number of hydrogen-bond acceptors (Lipinski definition) is 5. The third-order valence-electron chi connectivity index (χ3n) is 4.12. The molecule has 0 spiro atoms. The van der Waals surface area contributed by atoms with Gasteiger partial charge in [-0.2, -0.15) is 5.10 Å². The van der Waals surface area contributed by atoms with E-state index >= 15 is 0 Å². The molecule has 6 heteroatoms. The third-order valence-corrected chi connectivity index (χ3v) is 4.12. The molecule has 3 aromatic rings. The molecule has 4 rings (SSSR count). The average Bonchev–Trinajstić information content (AvgIpc) is 3.18. The molecule has 0 bridgehead atoms. The lowest BCUT2D eigenvalue weighted by molar-refractivity contribution is 0.342. The molecule has 1 aromatic carbocycles. The first kappa shape index (κ1) is 14.1. The van der Waals surface area contributed by atoms with Gasteiger partial charge in [0.25, 0.3) is 0 Å². The van der Waals surface area contributed by atoms with Gasteiger partial charge in [-0.1, -0.05) is 30.3 Å². The molecule has 0 amide bonds. The average molecular weight is 309 g/mol. The first-order valence-corrected chi connectivity index (χ1v) is 7.92. The van der Waals surface area contributed by atoms with Crippen LogP contribution in [0, 0.1) is 6.92 Å². The lowest BCUT2D eigenvalue weighted by atomic mass is 10.1. The van der Waals surface area contributed by atoms with Gasteiger partial charge in [0.2, 0.25) is 5.89 Å². The van der Waals surface area contributed by atoms with Gasteiger partial charge in [0.1, 0.15) is 11.6 Å². The number of fused-ring (bicyclic) bond motifs is 1. The summed E-state index contributed by atoms with van der Waals surface area (Å²) in [5.41, 5.74) is 1.05. The second-order valence-electron chi connectivity index (χ2n) is 5.86. The molecule has 118 valence electrons. The molecule has 6 nitrogen and oxygen atoms in total. The Bertz CT molecular complexity index is 792. The lowest BCUT2D eigenvalue weighted by Crippen LogP contribution is -2.37. The van der Waals surface area contributed by atoms with E-state index in [1.807, 2.05) is 41.9 Å². The van der Waals surface area contributed by atoms with Gasteiger partial charge in [0.15, 0.2) is 5.76 Å². The van der Waals surface area contributed by atoms with Gasteiger partial charge < -0.3 is 9.73 Å². The summed E-state index contributed by atoms with van der Waals surface area (Å²) in [6.07, 6.45) is 3.80. The molecule has 1 aliphatic rings. The molecule has 0 fully saturated rings. The highest BCUT2D eigenvalue weighted by Gasteiger charge is 2.20. The largest absolute Gasteiger partial charge is 0.439 e. The molecule has 1 N–H and O–H groups in total. The van der Waals surface area contributed by atoms with Crippen LogP contribution in [0.1, 0.15) is 24.0 Å². The smallest absolute Gasteiger partial charge is 0.208 e. The van der Waals surface area contributed by atoms with E-state index in [1.165, 1.54) is 0 Å². The number of nitrogens with zero attached hydrogens (tertiary/aromatic N) is 4. The Morgan fingerprint density at radius 3 is 3.04 bits per heavy atom. The standard InChI is InChI=1S/C17H19N5O/c1-12-20-16-8-7-14(11-22(16)21-12)18-10-17-19-9-15(23-17)13-5-3-2-4-6-13/h2-6,9,14,18H,7-8,10-11H2,1H3. The summed E-state index contributed by atoms with van der Waals surface area (Å²) in [6, 6.07) is 10.4. The topological polar surface area (TPSA) is 68.8 Å². The Hall–Kier alpha value is -2.47. The Morgan fingerprint density at radius 1 is 1.30 bits per heavy atom. The van der Waals surface area contributed by atoms with Crippen LogP contribution in [-0.2, 0) is 19.5 Å². The number of benzene rings is 1. The molecule has 0 saturated carbocycles. The van der Waals surface area contributed by atoms with Crippen molar-refractivity contribution in [2.75, 3.05) is 0 Å². The van der Waals surface area contributed by atoms with E-state index in [2.05, 4.69) is 20.4 Å². The van der Waals surface area contributed by atoms with Gasteiger partial charge in [0.05, 0.1) is 19.3 Å². The second kappa shape index (κ2) is 5.96. The van der Waals surface area contributed by atoms with Crippen molar-refractivity contribution in [1.82, 2.24) is 25.1 Å². The van der Waals surface area contributed by atoms with Crippen molar-refractivity contribution in [3.63, 3.8) is 0 Å². The second-order valence-corrected chi connectivity index (χ2v) is 5.86. The summed E-state index contributed by atoms with van der Waals surface area (Å²) in [5, 5.41) is 7.93. The Kier molecular flexibility index (Phi) is 3.67. The maximum Gasteiger partial charge on any atom is 0.208 e. The number of oxazole rings is 1. The minimum atomic E-state index is 0.371. The van der Waals surface area contributed by atoms with Gasteiger partial charge in [0, 0.05) is 18.0 Å². The van der Waals surface area contributed by atoms with Crippen LogP contribution < -0.4 is 5.32 Å². The molecule has 23 heavy (non-hydrogen) atoms. The summed E-state index contributed by atoms with van der Waals surface area (Å²) in [4.78, 5) is 8.80. The first-order valence-electron chi connectivity index (χ1n) is 7.92. The van der Waals surface area contributed by atoms with Crippen LogP contribution in [0.4, 0.5) is 0 Å². The van der Waals surface area contributed by atoms with Crippen molar-refractivity contribution >= 4 is 0 Å². The molecule has 1 aliphatic heterocycles. The summed E-state index contributed by atoms with van der Waals surface area (Å²) in [7, 11) is 0. The number of nitrogens with one attached hydrogen (secondary N) is 1. The first-order chi connectivity index (χ1) is 11.3. The highest BCUT2D eigenvalue weighted by Crippen LogP contribution is 2.20. The van der Waals surface area contributed by atoms with Crippen molar-refractivity contribution in [2.24, 2.45) is 0 Å². The van der Waals surface area contributed by atoms with Crippen LogP contribution in [0.5, 0.6) is 0 Å². The maximum absolute atomic E-state index is 5.83. The van der Waals surface area contributed by atoms with E-state index in [1.54, 1.807) is 6.20 Å². The molecule has 2 aromatic heterocycles. The van der Waals surface area contributed by atoms with Crippen LogP contribution >= 0.6 is 0 Å². The predicted molar refractivity (Wildman–Crippen MR) is 85.6 cm³/mol. The van der Waals surface area contributed by atoms with Gasteiger partial charge in [-0.15, -0.1) is 0 Å². The number of rotatable bonds is 4.